The Labute approximate surface area is 59.4 Å². The smallest absolute Gasteiger partial charge is 0.121 e. The Kier molecular flexibility index (Phi) is 3.08. The summed E-state index contributed by atoms with van der Waals surface area (Å²) in [7, 11) is 0. The fourth-order valence-corrected chi connectivity index (χ4v) is 1.92. The van der Waals surface area contributed by atoms with Crippen molar-refractivity contribution in [1.29, 1.82) is 0 Å². The van der Waals surface area contributed by atoms with Crippen LogP contribution < -0.4 is 5.32 Å². The summed E-state index contributed by atoms with van der Waals surface area (Å²) in [6, 6.07) is 0. The van der Waals surface area contributed by atoms with E-state index in [1.165, 1.54) is 0 Å². The number of hydrogen-bond acceptors (Lipinski definition) is 3. The van der Waals surface area contributed by atoms with Crippen molar-refractivity contribution in [2.45, 2.75) is 11.7 Å². The number of carbonyl (C=O) groups excluding carboxylic acids is 1. The van der Waals surface area contributed by atoms with Gasteiger partial charge in [0.05, 0.1) is 0 Å². The van der Waals surface area contributed by atoms with Crippen molar-refractivity contribution in [2.75, 3.05) is 18.8 Å². The van der Waals surface area contributed by atoms with Gasteiger partial charge in [-0.3, -0.25) is 0 Å². The van der Waals surface area contributed by atoms with E-state index in [9.17, 15) is 4.79 Å². The predicted octanol–water partition coefficient (Wildman–Crippen LogP) is 0.280. The van der Waals surface area contributed by atoms with Gasteiger partial charge >= 0.3 is 0 Å². The summed E-state index contributed by atoms with van der Waals surface area (Å²) in [6.45, 7) is 2.10. The molecule has 1 N–H and O–H groups in total. The van der Waals surface area contributed by atoms with Crippen LogP contribution in [0.2, 0.25) is 0 Å². The monoisotopic (exact) mass is 145 g/mol. The van der Waals surface area contributed by atoms with E-state index in [1.807, 2.05) is 11.8 Å². The number of rotatable bonds is 2. The molecule has 1 unspecified atom stereocenters. The number of aldehydes is 1. The third kappa shape index (κ3) is 2.37. The van der Waals surface area contributed by atoms with Crippen LogP contribution in [0.15, 0.2) is 0 Å². The van der Waals surface area contributed by atoms with Crippen LogP contribution >= 0.6 is 11.8 Å². The van der Waals surface area contributed by atoms with E-state index in [1.54, 1.807) is 0 Å². The molecule has 9 heavy (non-hydrogen) atoms. The summed E-state index contributed by atoms with van der Waals surface area (Å²) < 4.78 is 0. The topological polar surface area (TPSA) is 29.1 Å². The van der Waals surface area contributed by atoms with Gasteiger partial charge < -0.3 is 10.1 Å². The quantitative estimate of drug-likeness (QED) is 0.566. The fraction of sp³-hybridized carbons (Fsp3) is 0.833. The zero-order valence-electron chi connectivity index (χ0n) is 5.30. The van der Waals surface area contributed by atoms with Gasteiger partial charge in [-0.2, -0.15) is 11.8 Å². The van der Waals surface area contributed by atoms with Crippen molar-refractivity contribution in [3.05, 3.63) is 0 Å². The highest BCUT2D eigenvalue weighted by Crippen LogP contribution is 2.14. The zero-order chi connectivity index (χ0) is 6.53. The van der Waals surface area contributed by atoms with Crippen molar-refractivity contribution >= 4 is 18.0 Å². The number of hydrogen-bond donors (Lipinski definition) is 1. The van der Waals surface area contributed by atoms with Crippen LogP contribution in [-0.4, -0.2) is 30.4 Å². The molecule has 52 valence electrons. The van der Waals surface area contributed by atoms with E-state index >= 15 is 0 Å². The Morgan fingerprint density at radius 2 is 2.67 bits per heavy atom. The van der Waals surface area contributed by atoms with Crippen LogP contribution in [-0.2, 0) is 4.79 Å². The predicted molar refractivity (Wildman–Crippen MR) is 39.8 cm³/mol. The first kappa shape index (κ1) is 7.09. The van der Waals surface area contributed by atoms with Gasteiger partial charge in [-0.1, -0.05) is 0 Å². The van der Waals surface area contributed by atoms with Gasteiger partial charge in [0.1, 0.15) is 6.29 Å². The fourth-order valence-electron chi connectivity index (χ4n) is 0.878. The van der Waals surface area contributed by atoms with Crippen molar-refractivity contribution in [2.24, 2.45) is 0 Å². The number of thioether (sulfide) groups is 1. The van der Waals surface area contributed by atoms with Crippen LogP contribution in [0.1, 0.15) is 6.42 Å². The second kappa shape index (κ2) is 3.90. The lowest BCUT2D eigenvalue weighted by Crippen LogP contribution is -2.32. The maximum atomic E-state index is 10.0. The van der Waals surface area contributed by atoms with Gasteiger partial charge in [-0.05, 0) is 0 Å². The highest BCUT2D eigenvalue weighted by atomic mass is 32.2. The molecule has 0 spiro atoms. The molecule has 1 rings (SSSR count). The molecule has 0 radical (unpaired) electrons. The molecule has 1 saturated heterocycles. The second-order valence-electron chi connectivity index (χ2n) is 2.10. The average molecular weight is 145 g/mol. The molecule has 0 amide bonds. The molecule has 0 bridgehead atoms. The number of nitrogens with one attached hydrogen (secondary N) is 1. The molecule has 1 heterocycles. The minimum atomic E-state index is 0.538. The third-order valence-electron chi connectivity index (χ3n) is 1.36. The minimum absolute atomic E-state index is 0.538. The molecule has 0 aromatic rings. The Morgan fingerprint density at radius 3 is 3.22 bits per heavy atom. The molecule has 1 aliphatic rings. The molecular weight excluding hydrogens is 134 g/mol. The summed E-state index contributed by atoms with van der Waals surface area (Å²) in [6.07, 6.45) is 1.71. The Bertz CT molecular complexity index is 91.1. The summed E-state index contributed by atoms with van der Waals surface area (Å²) >= 11 is 1.89. The lowest BCUT2D eigenvalue weighted by molar-refractivity contribution is -0.107. The van der Waals surface area contributed by atoms with Gasteiger partial charge in [0.2, 0.25) is 0 Å². The van der Waals surface area contributed by atoms with Gasteiger partial charge in [0.25, 0.3) is 0 Å². The van der Waals surface area contributed by atoms with Crippen molar-refractivity contribution < 1.29 is 4.79 Å². The molecule has 1 aliphatic heterocycles. The average Bonchev–Trinajstić information content (AvgIpc) is 1.91. The molecule has 3 heteroatoms. The summed E-state index contributed by atoms with van der Waals surface area (Å²) in [4.78, 5) is 10.0. The van der Waals surface area contributed by atoms with Gasteiger partial charge in [0, 0.05) is 30.5 Å². The van der Waals surface area contributed by atoms with E-state index in [2.05, 4.69) is 5.32 Å². The molecule has 1 atom stereocenters. The van der Waals surface area contributed by atoms with Crippen LogP contribution in [0, 0.1) is 0 Å². The summed E-state index contributed by atoms with van der Waals surface area (Å²) in [5.74, 6) is 1.15. The van der Waals surface area contributed by atoms with Crippen molar-refractivity contribution in [3.8, 4) is 0 Å². The molecule has 0 aromatic carbocycles. The lowest BCUT2D eigenvalue weighted by Gasteiger charge is -2.19. The summed E-state index contributed by atoms with van der Waals surface area (Å²) in [5, 5.41) is 3.78. The van der Waals surface area contributed by atoms with Gasteiger partial charge in [-0.25, -0.2) is 0 Å². The van der Waals surface area contributed by atoms with E-state index < -0.39 is 0 Å². The normalized spacial score (nSPS) is 27.8. The molecule has 1 fully saturated rings. The Morgan fingerprint density at radius 1 is 1.78 bits per heavy atom. The molecule has 0 saturated carbocycles. The highest BCUT2D eigenvalue weighted by molar-refractivity contribution is 8.00. The van der Waals surface area contributed by atoms with Crippen molar-refractivity contribution in [1.82, 2.24) is 5.32 Å². The van der Waals surface area contributed by atoms with Crippen molar-refractivity contribution in [3.63, 3.8) is 0 Å². The van der Waals surface area contributed by atoms with Crippen LogP contribution in [0.5, 0.6) is 0 Å². The molecular formula is C6H11NOS. The maximum Gasteiger partial charge on any atom is 0.121 e. The number of carbonyl (C=O) groups is 1. The van der Waals surface area contributed by atoms with E-state index in [0.29, 0.717) is 11.7 Å². The lowest BCUT2D eigenvalue weighted by atomic mass is 10.3. The van der Waals surface area contributed by atoms with E-state index in [-0.39, 0.29) is 0 Å². The van der Waals surface area contributed by atoms with Gasteiger partial charge in [-0.15, -0.1) is 0 Å². The van der Waals surface area contributed by atoms with Crippen LogP contribution in [0.25, 0.3) is 0 Å². The highest BCUT2D eigenvalue weighted by Gasteiger charge is 2.11. The maximum absolute atomic E-state index is 10.0. The SMILES string of the molecule is O=CCC1CNCCS1. The standard InChI is InChI=1S/C6H11NOS/c8-3-1-6-5-7-2-4-9-6/h3,6-7H,1-2,4-5H2. The van der Waals surface area contributed by atoms with Crippen LogP contribution in [0.4, 0.5) is 0 Å². The molecule has 2 nitrogen and oxygen atoms in total. The largest absolute Gasteiger partial charge is 0.315 e. The zero-order valence-corrected chi connectivity index (χ0v) is 6.12. The molecule has 0 aliphatic carbocycles. The first-order chi connectivity index (χ1) is 4.43. The first-order valence-corrected chi connectivity index (χ1v) is 4.24. The Hall–Kier alpha value is -0.0200. The molecule has 0 aromatic heterocycles. The van der Waals surface area contributed by atoms with Gasteiger partial charge in [0.15, 0.2) is 0 Å². The Balaban J connectivity index is 2.15. The third-order valence-corrected chi connectivity index (χ3v) is 2.63. The van der Waals surface area contributed by atoms with Crippen LogP contribution in [0.3, 0.4) is 0 Å². The second-order valence-corrected chi connectivity index (χ2v) is 3.51. The van der Waals surface area contributed by atoms with E-state index in [4.69, 9.17) is 0 Å². The summed E-state index contributed by atoms with van der Waals surface area (Å²) in [5.41, 5.74) is 0. The van der Waals surface area contributed by atoms with E-state index in [0.717, 1.165) is 25.1 Å². The first-order valence-electron chi connectivity index (χ1n) is 3.19. The minimum Gasteiger partial charge on any atom is -0.315 e.